The van der Waals surface area contributed by atoms with E-state index in [0.717, 1.165) is 16.8 Å². The normalized spacial score (nSPS) is 12.4. The number of rotatable bonds is 0. The van der Waals surface area contributed by atoms with Crippen LogP contribution in [0.1, 0.15) is 32.0 Å². The Kier molecular flexibility index (Phi) is 2.30. The van der Waals surface area contributed by atoms with Gasteiger partial charge in [-0.2, -0.15) is 5.10 Å². The van der Waals surface area contributed by atoms with Crippen molar-refractivity contribution in [2.45, 2.75) is 33.1 Å². The smallest absolute Gasteiger partial charge is 0.134 e. The lowest BCUT2D eigenvalue weighted by molar-refractivity contribution is 0.554. The molecule has 16 heavy (non-hydrogen) atoms. The molecule has 1 aromatic heterocycles. The quantitative estimate of drug-likeness (QED) is 0.666. The summed E-state index contributed by atoms with van der Waals surface area (Å²) in [6.45, 7) is 8.04. The molecule has 2 rings (SSSR count). The predicted molar refractivity (Wildman–Crippen MR) is 64.1 cm³/mol. The van der Waals surface area contributed by atoms with Crippen molar-refractivity contribution in [2.75, 3.05) is 0 Å². The maximum Gasteiger partial charge on any atom is 0.134 e. The molecule has 0 unspecified atom stereocenters. The topological polar surface area (TPSA) is 17.8 Å². The molecular formula is C13H17FN2. The monoisotopic (exact) mass is 220 g/mol. The van der Waals surface area contributed by atoms with Crippen molar-refractivity contribution in [1.29, 1.82) is 0 Å². The van der Waals surface area contributed by atoms with Gasteiger partial charge >= 0.3 is 0 Å². The van der Waals surface area contributed by atoms with Crippen LogP contribution in [-0.4, -0.2) is 9.78 Å². The summed E-state index contributed by atoms with van der Waals surface area (Å²) in [5, 5.41) is 5.09. The first kappa shape index (κ1) is 11.1. The maximum atomic E-state index is 14.0. The van der Waals surface area contributed by atoms with Gasteiger partial charge in [0.25, 0.3) is 0 Å². The molecule has 1 heterocycles. The van der Waals surface area contributed by atoms with E-state index >= 15 is 0 Å². The molecule has 0 amide bonds. The van der Waals surface area contributed by atoms with E-state index in [1.807, 2.05) is 40.8 Å². The van der Waals surface area contributed by atoms with Crippen LogP contribution in [0.2, 0.25) is 0 Å². The van der Waals surface area contributed by atoms with Crippen molar-refractivity contribution in [2.24, 2.45) is 7.05 Å². The SMILES string of the molecule is Cc1cc(F)c2c(C(C)(C)C)nn(C)c2c1. The molecule has 0 saturated carbocycles. The minimum atomic E-state index is -0.173. The Labute approximate surface area is 95.1 Å². The Morgan fingerprint density at radius 1 is 1.25 bits per heavy atom. The van der Waals surface area contributed by atoms with Gasteiger partial charge in [-0.25, -0.2) is 4.39 Å². The Balaban J connectivity index is 2.89. The first-order valence-electron chi connectivity index (χ1n) is 5.44. The van der Waals surface area contributed by atoms with Crippen molar-refractivity contribution in [3.63, 3.8) is 0 Å². The van der Waals surface area contributed by atoms with Gasteiger partial charge in [-0.1, -0.05) is 20.8 Å². The second-order valence-electron chi connectivity index (χ2n) is 5.36. The average molecular weight is 220 g/mol. The van der Waals surface area contributed by atoms with Gasteiger partial charge in [-0.05, 0) is 24.6 Å². The summed E-state index contributed by atoms with van der Waals surface area (Å²) in [6.07, 6.45) is 0. The molecular weight excluding hydrogens is 203 g/mol. The van der Waals surface area contributed by atoms with E-state index in [1.54, 1.807) is 10.7 Å². The van der Waals surface area contributed by atoms with Crippen molar-refractivity contribution < 1.29 is 4.39 Å². The molecule has 0 N–H and O–H groups in total. The van der Waals surface area contributed by atoms with Crippen LogP contribution in [0.5, 0.6) is 0 Å². The lowest BCUT2D eigenvalue weighted by atomic mass is 9.89. The summed E-state index contributed by atoms with van der Waals surface area (Å²) in [5.41, 5.74) is 2.47. The summed E-state index contributed by atoms with van der Waals surface area (Å²) in [4.78, 5) is 0. The number of hydrogen-bond donors (Lipinski definition) is 0. The Bertz CT molecular complexity index is 547. The largest absolute Gasteiger partial charge is 0.268 e. The third kappa shape index (κ3) is 1.60. The van der Waals surface area contributed by atoms with Gasteiger partial charge in [0.1, 0.15) is 5.82 Å². The molecule has 0 spiro atoms. The number of nitrogens with zero attached hydrogens (tertiary/aromatic N) is 2. The standard InChI is InChI=1S/C13H17FN2/c1-8-6-9(14)11-10(7-8)16(5)15-12(11)13(2,3)4/h6-7H,1-5H3. The number of hydrogen-bond acceptors (Lipinski definition) is 1. The predicted octanol–water partition coefficient (Wildman–Crippen LogP) is 3.32. The van der Waals surface area contributed by atoms with Gasteiger partial charge in [-0.3, -0.25) is 4.68 Å². The van der Waals surface area contributed by atoms with Gasteiger partial charge in [-0.15, -0.1) is 0 Å². The summed E-state index contributed by atoms with van der Waals surface area (Å²) < 4.78 is 15.8. The zero-order chi connectivity index (χ0) is 12.1. The first-order valence-corrected chi connectivity index (χ1v) is 5.44. The minimum Gasteiger partial charge on any atom is -0.268 e. The number of aromatic nitrogens is 2. The zero-order valence-electron chi connectivity index (χ0n) is 10.4. The average Bonchev–Trinajstić information content (AvgIpc) is 2.43. The van der Waals surface area contributed by atoms with Crippen LogP contribution in [0, 0.1) is 12.7 Å². The van der Waals surface area contributed by atoms with E-state index in [2.05, 4.69) is 5.10 Å². The third-order valence-electron chi connectivity index (χ3n) is 2.76. The van der Waals surface area contributed by atoms with Crippen molar-refractivity contribution >= 4 is 10.9 Å². The molecule has 0 aliphatic rings. The zero-order valence-corrected chi connectivity index (χ0v) is 10.4. The highest BCUT2D eigenvalue weighted by molar-refractivity contribution is 5.84. The van der Waals surface area contributed by atoms with Crippen LogP contribution < -0.4 is 0 Å². The first-order chi connectivity index (χ1) is 7.30. The van der Waals surface area contributed by atoms with E-state index in [9.17, 15) is 4.39 Å². The number of benzene rings is 1. The number of aryl methyl sites for hydroxylation is 2. The van der Waals surface area contributed by atoms with Gasteiger partial charge < -0.3 is 0 Å². The van der Waals surface area contributed by atoms with Crippen molar-refractivity contribution in [3.05, 3.63) is 29.2 Å². The van der Waals surface area contributed by atoms with Crippen molar-refractivity contribution in [1.82, 2.24) is 9.78 Å². The molecule has 2 nitrogen and oxygen atoms in total. The molecule has 0 fully saturated rings. The molecule has 1 aromatic carbocycles. The second kappa shape index (κ2) is 3.30. The van der Waals surface area contributed by atoms with Gasteiger partial charge in [0.05, 0.1) is 16.6 Å². The molecule has 2 aromatic rings. The highest BCUT2D eigenvalue weighted by Crippen LogP contribution is 2.31. The second-order valence-corrected chi connectivity index (χ2v) is 5.36. The summed E-state index contributed by atoms with van der Waals surface area (Å²) >= 11 is 0. The fourth-order valence-electron chi connectivity index (χ4n) is 1.99. The molecule has 0 saturated heterocycles. The van der Waals surface area contributed by atoms with Crippen LogP contribution in [0.15, 0.2) is 12.1 Å². The van der Waals surface area contributed by atoms with Gasteiger partial charge in [0.15, 0.2) is 0 Å². The Hall–Kier alpha value is -1.38. The van der Waals surface area contributed by atoms with Gasteiger partial charge in [0.2, 0.25) is 0 Å². The lowest BCUT2D eigenvalue weighted by Gasteiger charge is -2.15. The van der Waals surface area contributed by atoms with Crippen LogP contribution >= 0.6 is 0 Å². The van der Waals surface area contributed by atoms with E-state index in [0.29, 0.717) is 5.39 Å². The fourth-order valence-corrected chi connectivity index (χ4v) is 1.99. The molecule has 0 aliphatic heterocycles. The van der Waals surface area contributed by atoms with E-state index in [-0.39, 0.29) is 11.2 Å². The Morgan fingerprint density at radius 2 is 1.88 bits per heavy atom. The third-order valence-corrected chi connectivity index (χ3v) is 2.76. The number of halogens is 1. The highest BCUT2D eigenvalue weighted by Gasteiger charge is 2.23. The molecule has 0 atom stereocenters. The van der Waals surface area contributed by atoms with E-state index in [4.69, 9.17) is 0 Å². The molecule has 0 aliphatic carbocycles. The molecule has 86 valence electrons. The van der Waals surface area contributed by atoms with Crippen LogP contribution in [0.3, 0.4) is 0 Å². The van der Waals surface area contributed by atoms with Crippen LogP contribution in [-0.2, 0) is 12.5 Å². The maximum absolute atomic E-state index is 14.0. The van der Waals surface area contributed by atoms with E-state index in [1.165, 1.54) is 0 Å². The van der Waals surface area contributed by atoms with Crippen LogP contribution in [0.25, 0.3) is 10.9 Å². The lowest BCUT2D eigenvalue weighted by Crippen LogP contribution is -2.13. The molecule has 0 radical (unpaired) electrons. The fraction of sp³-hybridized carbons (Fsp3) is 0.462. The molecule has 0 bridgehead atoms. The highest BCUT2D eigenvalue weighted by atomic mass is 19.1. The van der Waals surface area contributed by atoms with Gasteiger partial charge in [0, 0.05) is 12.5 Å². The minimum absolute atomic E-state index is 0.143. The summed E-state index contributed by atoms with van der Waals surface area (Å²) in [5.74, 6) is -0.173. The molecule has 3 heteroatoms. The Morgan fingerprint density at radius 3 is 2.44 bits per heavy atom. The van der Waals surface area contributed by atoms with Crippen molar-refractivity contribution in [3.8, 4) is 0 Å². The van der Waals surface area contributed by atoms with Crippen LogP contribution in [0.4, 0.5) is 4.39 Å². The number of fused-ring (bicyclic) bond motifs is 1. The van der Waals surface area contributed by atoms with E-state index < -0.39 is 0 Å². The summed E-state index contributed by atoms with van der Waals surface area (Å²) in [7, 11) is 1.86. The summed E-state index contributed by atoms with van der Waals surface area (Å²) in [6, 6.07) is 3.54.